The molecule has 1 unspecified atom stereocenters. The minimum Gasteiger partial charge on any atom is -0.290 e. The molecular formula is C9F8O. The lowest BCUT2D eigenvalue weighted by Crippen LogP contribution is -2.55. The average molecular weight is 276 g/mol. The van der Waals surface area contributed by atoms with Gasteiger partial charge in [0.05, 0.1) is 11.1 Å². The molecular weight excluding hydrogens is 276 g/mol. The molecule has 0 heterocycles. The maximum Gasteiger partial charge on any atom is 0.434 e. The third-order valence-corrected chi connectivity index (χ3v) is 2.54. The summed E-state index contributed by atoms with van der Waals surface area (Å²) in [7, 11) is 0. The summed E-state index contributed by atoms with van der Waals surface area (Å²) in [6, 6.07) is 0. The molecule has 1 aromatic rings. The van der Waals surface area contributed by atoms with Crippen LogP contribution in [0.5, 0.6) is 0 Å². The summed E-state index contributed by atoms with van der Waals surface area (Å²) >= 11 is 0. The number of rotatable bonds is 0. The molecule has 0 aromatic heterocycles. The second kappa shape index (κ2) is 3.21. The van der Waals surface area contributed by atoms with Crippen molar-refractivity contribution in [1.29, 1.82) is 0 Å². The van der Waals surface area contributed by atoms with Gasteiger partial charge in [0.15, 0.2) is 23.3 Å². The Hall–Kier alpha value is -1.67. The number of hydrogen-bond acceptors (Lipinski definition) is 1. The number of Topliss-reactive ketones (excluding diaryl/α,β-unsaturated/α-hetero) is 1. The van der Waals surface area contributed by atoms with Crippen molar-refractivity contribution in [3.8, 4) is 0 Å². The molecule has 0 radical (unpaired) electrons. The van der Waals surface area contributed by atoms with Gasteiger partial charge >= 0.3 is 6.18 Å². The second-order valence-corrected chi connectivity index (χ2v) is 3.49. The molecule has 0 spiro atoms. The minimum atomic E-state index is -5.89. The molecule has 1 aliphatic rings. The van der Waals surface area contributed by atoms with Crippen molar-refractivity contribution in [2.24, 2.45) is 0 Å². The maximum atomic E-state index is 13.4. The highest BCUT2D eigenvalue weighted by Crippen LogP contribution is 2.55. The van der Waals surface area contributed by atoms with E-state index in [2.05, 4.69) is 0 Å². The van der Waals surface area contributed by atoms with Gasteiger partial charge < -0.3 is 0 Å². The number of halogens is 8. The van der Waals surface area contributed by atoms with Gasteiger partial charge in [-0.15, -0.1) is 0 Å². The first-order valence-corrected chi connectivity index (χ1v) is 4.22. The quantitative estimate of drug-likeness (QED) is 0.404. The number of ketones is 1. The normalized spacial score (nSPS) is 22.8. The SMILES string of the molecule is O=C1c2c(F)c(F)c(F)c(F)c2C1(F)C(F)(F)F. The molecule has 0 saturated heterocycles. The van der Waals surface area contributed by atoms with Crippen LogP contribution in [0, 0.1) is 23.3 Å². The smallest absolute Gasteiger partial charge is 0.290 e. The molecule has 1 nitrogen and oxygen atoms in total. The molecule has 0 N–H and O–H groups in total. The lowest BCUT2D eigenvalue weighted by molar-refractivity contribution is -0.220. The number of carbonyl (C=O) groups excluding carboxylic acids is 1. The van der Waals surface area contributed by atoms with Crippen LogP contribution in [-0.2, 0) is 5.67 Å². The number of carbonyl (C=O) groups is 1. The summed E-state index contributed by atoms with van der Waals surface area (Å²) in [6.07, 6.45) is -5.89. The van der Waals surface area contributed by atoms with Gasteiger partial charge in [-0.2, -0.15) is 13.2 Å². The molecule has 98 valence electrons. The molecule has 1 aromatic carbocycles. The van der Waals surface area contributed by atoms with Gasteiger partial charge in [-0.05, 0) is 0 Å². The fraction of sp³-hybridized carbons (Fsp3) is 0.222. The standard InChI is InChI=1S/C9F8O/c10-3-1-2(4(11)6(13)5(3)12)8(14,7(1)18)9(15,16)17. The summed E-state index contributed by atoms with van der Waals surface area (Å²) in [4.78, 5) is 10.9. The summed E-state index contributed by atoms with van der Waals surface area (Å²) in [6.45, 7) is 0. The molecule has 0 amide bonds. The fourth-order valence-corrected chi connectivity index (χ4v) is 1.66. The highest BCUT2D eigenvalue weighted by Gasteiger charge is 2.72. The Morgan fingerprint density at radius 3 is 1.72 bits per heavy atom. The van der Waals surface area contributed by atoms with Gasteiger partial charge in [0, 0.05) is 0 Å². The summed E-state index contributed by atoms with van der Waals surface area (Å²) in [5, 5.41) is 0. The van der Waals surface area contributed by atoms with Crippen molar-refractivity contribution in [2.75, 3.05) is 0 Å². The van der Waals surface area contributed by atoms with Crippen LogP contribution < -0.4 is 0 Å². The minimum absolute atomic E-state index is 1.76. The first kappa shape index (κ1) is 12.8. The van der Waals surface area contributed by atoms with E-state index >= 15 is 0 Å². The molecule has 1 aliphatic carbocycles. The van der Waals surface area contributed by atoms with E-state index in [0.29, 0.717) is 0 Å². The van der Waals surface area contributed by atoms with Gasteiger partial charge in [-0.3, -0.25) is 4.79 Å². The van der Waals surface area contributed by atoms with Crippen molar-refractivity contribution < 1.29 is 39.9 Å². The molecule has 18 heavy (non-hydrogen) atoms. The molecule has 1 atom stereocenters. The van der Waals surface area contributed by atoms with Crippen LogP contribution in [0.3, 0.4) is 0 Å². The average Bonchev–Trinajstić information content (AvgIpc) is 2.27. The zero-order valence-electron chi connectivity index (χ0n) is 7.93. The first-order valence-electron chi connectivity index (χ1n) is 4.22. The van der Waals surface area contributed by atoms with Crippen LogP contribution in [0.4, 0.5) is 35.1 Å². The molecule has 9 heteroatoms. The van der Waals surface area contributed by atoms with Crippen LogP contribution in [0.2, 0.25) is 0 Å². The Bertz CT molecular complexity index is 575. The van der Waals surface area contributed by atoms with Crippen LogP contribution >= 0.6 is 0 Å². The van der Waals surface area contributed by atoms with Gasteiger partial charge in [0.1, 0.15) is 0 Å². The predicted octanol–water partition coefficient (Wildman–Crippen LogP) is 3.17. The summed E-state index contributed by atoms with van der Waals surface area (Å²) in [5.74, 6) is -12.5. The van der Waals surface area contributed by atoms with Crippen molar-refractivity contribution in [1.82, 2.24) is 0 Å². The van der Waals surface area contributed by atoms with E-state index in [9.17, 15) is 39.9 Å². The van der Waals surface area contributed by atoms with E-state index in [1.165, 1.54) is 0 Å². The highest BCUT2D eigenvalue weighted by molar-refractivity contribution is 6.13. The van der Waals surface area contributed by atoms with E-state index in [4.69, 9.17) is 0 Å². The van der Waals surface area contributed by atoms with Gasteiger partial charge in [-0.1, -0.05) is 0 Å². The zero-order chi connectivity index (χ0) is 14.0. The third kappa shape index (κ3) is 1.14. The Morgan fingerprint density at radius 1 is 0.833 bits per heavy atom. The molecule has 0 aliphatic heterocycles. The Balaban J connectivity index is 2.85. The van der Waals surface area contributed by atoms with Gasteiger partial charge in [-0.25, -0.2) is 22.0 Å². The number of benzene rings is 1. The number of alkyl halides is 4. The maximum absolute atomic E-state index is 13.4. The summed E-state index contributed by atoms with van der Waals surface area (Å²) in [5.41, 5.74) is -8.76. The topological polar surface area (TPSA) is 17.1 Å². The van der Waals surface area contributed by atoms with Crippen molar-refractivity contribution in [2.45, 2.75) is 11.8 Å². The van der Waals surface area contributed by atoms with Crippen molar-refractivity contribution >= 4 is 5.78 Å². The molecule has 2 rings (SSSR count). The highest BCUT2D eigenvalue weighted by atomic mass is 19.4. The monoisotopic (exact) mass is 276 g/mol. The van der Waals surface area contributed by atoms with E-state index in [-0.39, 0.29) is 0 Å². The lowest BCUT2D eigenvalue weighted by Gasteiger charge is -2.36. The van der Waals surface area contributed by atoms with Gasteiger partial charge in [0.25, 0.3) is 5.67 Å². The first-order chi connectivity index (χ1) is 8.05. The zero-order valence-corrected chi connectivity index (χ0v) is 7.93. The van der Waals surface area contributed by atoms with Crippen LogP contribution in [0.1, 0.15) is 15.9 Å². The second-order valence-electron chi connectivity index (χ2n) is 3.49. The number of fused-ring (bicyclic) bond motifs is 1. The Labute approximate surface area is 93.0 Å². The summed E-state index contributed by atoms with van der Waals surface area (Å²) < 4.78 is 101. The Morgan fingerprint density at radius 2 is 1.28 bits per heavy atom. The Kier molecular flexibility index (Phi) is 2.28. The van der Waals surface area contributed by atoms with Crippen LogP contribution in [-0.4, -0.2) is 12.0 Å². The third-order valence-electron chi connectivity index (χ3n) is 2.54. The van der Waals surface area contributed by atoms with Crippen LogP contribution in [0.25, 0.3) is 0 Å². The van der Waals surface area contributed by atoms with E-state index in [1.54, 1.807) is 0 Å². The van der Waals surface area contributed by atoms with Crippen molar-refractivity contribution in [3.05, 3.63) is 34.4 Å². The van der Waals surface area contributed by atoms with E-state index < -0.39 is 52.0 Å². The molecule has 0 bridgehead atoms. The molecule has 0 saturated carbocycles. The molecule has 0 fully saturated rings. The number of hydrogen-bond donors (Lipinski definition) is 0. The van der Waals surface area contributed by atoms with E-state index in [0.717, 1.165) is 0 Å². The van der Waals surface area contributed by atoms with Crippen molar-refractivity contribution in [3.63, 3.8) is 0 Å². The van der Waals surface area contributed by atoms with E-state index in [1.807, 2.05) is 0 Å². The fourth-order valence-electron chi connectivity index (χ4n) is 1.66. The van der Waals surface area contributed by atoms with Gasteiger partial charge in [0.2, 0.25) is 5.78 Å². The largest absolute Gasteiger partial charge is 0.434 e. The lowest BCUT2D eigenvalue weighted by atomic mass is 9.72. The predicted molar refractivity (Wildman–Crippen MR) is 39.4 cm³/mol. The van der Waals surface area contributed by atoms with Crippen LogP contribution in [0.15, 0.2) is 0 Å².